The zero-order valence-electron chi connectivity index (χ0n) is 9.70. The van der Waals surface area contributed by atoms with E-state index in [4.69, 9.17) is 0 Å². The van der Waals surface area contributed by atoms with Crippen LogP contribution in [0.4, 0.5) is 14.5 Å². The molecule has 0 aliphatic carbocycles. The van der Waals surface area contributed by atoms with Crippen LogP contribution >= 0.6 is 0 Å². The van der Waals surface area contributed by atoms with E-state index in [1.165, 1.54) is 7.05 Å². The van der Waals surface area contributed by atoms with Crippen molar-refractivity contribution in [2.75, 3.05) is 13.6 Å². The highest BCUT2D eigenvalue weighted by atomic mass is 19.1. The van der Waals surface area contributed by atoms with Gasteiger partial charge in [-0.05, 0) is 6.07 Å². The Morgan fingerprint density at radius 3 is 2.53 bits per heavy atom. The first-order valence-electron chi connectivity index (χ1n) is 4.99. The molecule has 2 amide bonds. The van der Waals surface area contributed by atoms with E-state index in [2.05, 4.69) is 5.32 Å². The van der Waals surface area contributed by atoms with Crippen molar-refractivity contribution in [1.82, 2.24) is 10.6 Å². The maximum atomic E-state index is 13.6. The lowest BCUT2D eigenvalue weighted by Gasteiger charge is -2.05. The number of carbonyl (C=O) groups excluding carboxylic acids is 2. The molecule has 1 aromatic rings. The zero-order chi connectivity index (χ0) is 14.6. The Bertz CT molecular complexity index is 548. The molecule has 0 aliphatic rings. The van der Waals surface area contributed by atoms with Gasteiger partial charge in [0, 0.05) is 7.05 Å². The van der Waals surface area contributed by atoms with Crippen LogP contribution in [0.5, 0.6) is 0 Å². The number of hydrogen-bond donors (Lipinski definition) is 2. The first kappa shape index (κ1) is 14.5. The predicted molar refractivity (Wildman–Crippen MR) is 59.4 cm³/mol. The summed E-state index contributed by atoms with van der Waals surface area (Å²) in [5, 5.41) is 14.7. The number of benzene rings is 1. The van der Waals surface area contributed by atoms with Gasteiger partial charge >= 0.3 is 5.69 Å². The molecule has 7 nitrogen and oxygen atoms in total. The molecule has 0 heterocycles. The average Bonchev–Trinajstić information content (AvgIpc) is 2.37. The number of amides is 2. The van der Waals surface area contributed by atoms with Crippen LogP contribution in [0.1, 0.15) is 10.4 Å². The van der Waals surface area contributed by atoms with Crippen molar-refractivity contribution in [2.45, 2.75) is 0 Å². The van der Waals surface area contributed by atoms with E-state index in [1.807, 2.05) is 5.32 Å². The molecule has 2 N–H and O–H groups in total. The van der Waals surface area contributed by atoms with E-state index >= 15 is 0 Å². The van der Waals surface area contributed by atoms with Gasteiger partial charge in [-0.1, -0.05) is 0 Å². The van der Waals surface area contributed by atoms with Gasteiger partial charge < -0.3 is 10.6 Å². The number of nitro benzene ring substituents is 1. The fourth-order valence-corrected chi connectivity index (χ4v) is 1.22. The number of likely N-dealkylation sites (N-methyl/N-ethyl adjacent to an activating group) is 1. The molecule has 102 valence electrons. The van der Waals surface area contributed by atoms with Gasteiger partial charge in [0.25, 0.3) is 5.91 Å². The summed E-state index contributed by atoms with van der Waals surface area (Å²) < 4.78 is 26.7. The van der Waals surface area contributed by atoms with Crippen LogP contribution in [-0.4, -0.2) is 30.3 Å². The first-order valence-corrected chi connectivity index (χ1v) is 4.99. The molecule has 0 aromatic heterocycles. The maximum absolute atomic E-state index is 13.6. The van der Waals surface area contributed by atoms with Crippen molar-refractivity contribution in [3.8, 4) is 0 Å². The molecule has 0 bridgehead atoms. The Hall–Kier alpha value is -2.58. The molecule has 1 aromatic carbocycles. The van der Waals surface area contributed by atoms with Gasteiger partial charge in [0.15, 0.2) is 0 Å². The monoisotopic (exact) mass is 273 g/mol. The summed E-state index contributed by atoms with van der Waals surface area (Å²) in [4.78, 5) is 31.7. The summed E-state index contributed by atoms with van der Waals surface area (Å²) in [7, 11) is 1.32. The van der Waals surface area contributed by atoms with Crippen molar-refractivity contribution in [3.63, 3.8) is 0 Å². The summed E-state index contributed by atoms with van der Waals surface area (Å²) in [6.07, 6.45) is 0. The molecule has 0 unspecified atom stereocenters. The minimum Gasteiger partial charge on any atom is -0.358 e. The first-order chi connectivity index (χ1) is 8.86. The van der Waals surface area contributed by atoms with Gasteiger partial charge in [-0.2, -0.15) is 4.39 Å². The largest absolute Gasteiger partial charge is 0.358 e. The molecule has 0 atom stereocenters. The Kier molecular flexibility index (Phi) is 4.46. The van der Waals surface area contributed by atoms with Crippen molar-refractivity contribution >= 4 is 17.5 Å². The maximum Gasteiger partial charge on any atom is 0.308 e. The van der Waals surface area contributed by atoms with Gasteiger partial charge in [0.1, 0.15) is 5.82 Å². The van der Waals surface area contributed by atoms with E-state index in [0.29, 0.717) is 12.1 Å². The highest BCUT2D eigenvalue weighted by Crippen LogP contribution is 2.22. The Morgan fingerprint density at radius 2 is 2.00 bits per heavy atom. The lowest BCUT2D eigenvalue weighted by atomic mass is 10.1. The SMILES string of the molecule is CNC(=O)CNC(=O)c1cc(F)cc([N+](=O)[O-])c1F. The number of nitro groups is 1. The number of hydrogen-bond acceptors (Lipinski definition) is 4. The lowest BCUT2D eigenvalue weighted by molar-refractivity contribution is -0.387. The molecule has 0 saturated heterocycles. The summed E-state index contributed by atoms with van der Waals surface area (Å²) in [6, 6.07) is 0.881. The Balaban J connectivity index is 3.03. The van der Waals surface area contributed by atoms with Crippen LogP contribution in [0.15, 0.2) is 12.1 Å². The standard InChI is InChI=1S/C10H9F2N3O4/c1-13-8(16)4-14-10(17)6-2-5(11)3-7(9(6)12)15(18)19/h2-3H,4H2,1H3,(H,13,16)(H,14,17). The number of carbonyl (C=O) groups is 2. The second-order valence-electron chi connectivity index (χ2n) is 3.40. The molecular weight excluding hydrogens is 264 g/mol. The fourth-order valence-electron chi connectivity index (χ4n) is 1.22. The van der Waals surface area contributed by atoms with E-state index < -0.39 is 46.2 Å². The van der Waals surface area contributed by atoms with Crippen LogP contribution < -0.4 is 10.6 Å². The molecular formula is C10H9F2N3O4. The predicted octanol–water partition coefficient (Wildman–Crippen LogP) is 0.349. The molecule has 1 rings (SSSR count). The average molecular weight is 273 g/mol. The fraction of sp³-hybridized carbons (Fsp3) is 0.200. The summed E-state index contributed by atoms with van der Waals surface area (Å²) in [5.74, 6) is -4.26. The quantitative estimate of drug-likeness (QED) is 0.610. The lowest BCUT2D eigenvalue weighted by Crippen LogP contribution is -2.35. The number of nitrogens with one attached hydrogen (secondary N) is 2. The number of rotatable bonds is 4. The van der Waals surface area contributed by atoms with Crippen LogP contribution in [0.25, 0.3) is 0 Å². The van der Waals surface area contributed by atoms with Gasteiger partial charge in [-0.25, -0.2) is 4.39 Å². The van der Waals surface area contributed by atoms with Crippen molar-refractivity contribution in [1.29, 1.82) is 0 Å². The smallest absolute Gasteiger partial charge is 0.308 e. The highest BCUT2D eigenvalue weighted by Gasteiger charge is 2.24. The van der Waals surface area contributed by atoms with E-state index in [1.54, 1.807) is 0 Å². The molecule has 0 spiro atoms. The van der Waals surface area contributed by atoms with Gasteiger partial charge in [0.05, 0.1) is 23.1 Å². The second-order valence-corrected chi connectivity index (χ2v) is 3.40. The van der Waals surface area contributed by atoms with Crippen LogP contribution in [0.2, 0.25) is 0 Å². The third-order valence-corrected chi connectivity index (χ3v) is 2.15. The van der Waals surface area contributed by atoms with Gasteiger partial charge in [-0.3, -0.25) is 19.7 Å². The zero-order valence-corrected chi connectivity index (χ0v) is 9.70. The van der Waals surface area contributed by atoms with Gasteiger partial charge in [0.2, 0.25) is 11.7 Å². The minimum atomic E-state index is -1.46. The van der Waals surface area contributed by atoms with Crippen LogP contribution in [0, 0.1) is 21.7 Å². The van der Waals surface area contributed by atoms with E-state index in [0.717, 1.165) is 0 Å². The van der Waals surface area contributed by atoms with Crippen LogP contribution in [0.3, 0.4) is 0 Å². The minimum absolute atomic E-state index is 0.366. The highest BCUT2D eigenvalue weighted by molar-refractivity contribution is 5.97. The van der Waals surface area contributed by atoms with Crippen molar-refractivity contribution in [3.05, 3.63) is 39.4 Å². The molecule has 9 heteroatoms. The van der Waals surface area contributed by atoms with E-state index in [-0.39, 0.29) is 0 Å². The van der Waals surface area contributed by atoms with Crippen LogP contribution in [-0.2, 0) is 4.79 Å². The topological polar surface area (TPSA) is 101 Å². The second kappa shape index (κ2) is 5.85. The Morgan fingerprint density at radius 1 is 1.37 bits per heavy atom. The number of nitrogens with zero attached hydrogens (tertiary/aromatic N) is 1. The summed E-state index contributed by atoms with van der Waals surface area (Å²) >= 11 is 0. The molecule has 0 radical (unpaired) electrons. The third kappa shape index (κ3) is 3.44. The molecule has 0 aliphatic heterocycles. The third-order valence-electron chi connectivity index (χ3n) is 2.15. The summed E-state index contributed by atoms with van der Waals surface area (Å²) in [5.41, 5.74) is -1.99. The summed E-state index contributed by atoms with van der Waals surface area (Å²) in [6.45, 7) is -0.459. The van der Waals surface area contributed by atoms with Gasteiger partial charge in [-0.15, -0.1) is 0 Å². The number of halogens is 2. The Labute approximate surface area is 105 Å². The molecule has 19 heavy (non-hydrogen) atoms. The molecule has 0 fully saturated rings. The van der Waals surface area contributed by atoms with Crippen molar-refractivity contribution < 1.29 is 23.3 Å². The van der Waals surface area contributed by atoms with Crippen molar-refractivity contribution in [2.24, 2.45) is 0 Å². The molecule has 0 saturated carbocycles. The normalized spacial score (nSPS) is 9.84. The van der Waals surface area contributed by atoms with E-state index in [9.17, 15) is 28.5 Å².